The van der Waals surface area contributed by atoms with Crippen LogP contribution >= 0.6 is 11.6 Å². The Labute approximate surface area is 84.9 Å². The highest BCUT2D eigenvalue weighted by Gasteiger charge is 2.12. The van der Waals surface area contributed by atoms with E-state index in [0.29, 0.717) is 16.0 Å². The molecule has 72 valence electrons. The average Bonchev–Trinajstić information content (AvgIpc) is 2.47. The molecule has 1 aromatic carbocycles. The zero-order valence-electron chi connectivity index (χ0n) is 7.37. The molecule has 4 heteroatoms. The van der Waals surface area contributed by atoms with Crippen molar-refractivity contribution in [1.29, 1.82) is 0 Å². The summed E-state index contributed by atoms with van der Waals surface area (Å²) in [6.45, 7) is 1.82. The minimum atomic E-state index is -1.07. The number of rotatable bonds is 1. The van der Waals surface area contributed by atoms with E-state index in [2.05, 4.69) is 0 Å². The first kappa shape index (κ1) is 9.09. The molecule has 0 aliphatic heterocycles. The van der Waals surface area contributed by atoms with Gasteiger partial charge < -0.3 is 9.52 Å². The van der Waals surface area contributed by atoms with Crippen LogP contribution in [0.5, 0.6) is 0 Å². The molecule has 0 aliphatic rings. The molecule has 0 amide bonds. The van der Waals surface area contributed by atoms with E-state index in [1.807, 2.05) is 6.92 Å². The van der Waals surface area contributed by atoms with Gasteiger partial charge in [0, 0.05) is 10.4 Å². The van der Waals surface area contributed by atoms with Crippen LogP contribution in [0.25, 0.3) is 11.0 Å². The molecule has 1 heterocycles. The molecule has 14 heavy (non-hydrogen) atoms. The van der Waals surface area contributed by atoms with Gasteiger partial charge >= 0.3 is 5.97 Å². The number of aromatic carboxylic acids is 1. The largest absolute Gasteiger partial charge is 0.475 e. The summed E-state index contributed by atoms with van der Waals surface area (Å²) in [5, 5.41) is 10.0. The minimum Gasteiger partial charge on any atom is -0.475 e. The molecule has 0 radical (unpaired) electrons. The first-order valence-electron chi connectivity index (χ1n) is 4.01. The molecule has 0 saturated carbocycles. The first-order chi connectivity index (χ1) is 6.58. The highest BCUT2D eigenvalue weighted by atomic mass is 35.5. The van der Waals surface area contributed by atoms with Crippen molar-refractivity contribution in [2.24, 2.45) is 0 Å². The van der Waals surface area contributed by atoms with Crippen molar-refractivity contribution in [1.82, 2.24) is 0 Å². The lowest BCUT2D eigenvalue weighted by Crippen LogP contribution is -1.91. The highest BCUT2D eigenvalue weighted by Crippen LogP contribution is 2.26. The second-order valence-electron chi connectivity index (χ2n) is 3.06. The zero-order chi connectivity index (χ0) is 10.3. The van der Waals surface area contributed by atoms with Crippen LogP contribution in [0.2, 0.25) is 5.02 Å². The van der Waals surface area contributed by atoms with Crippen molar-refractivity contribution in [2.75, 3.05) is 0 Å². The van der Waals surface area contributed by atoms with Gasteiger partial charge in [0.1, 0.15) is 5.58 Å². The maximum Gasteiger partial charge on any atom is 0.371 e. The van der Waals surface area contributed by atoms with Gasteiger partial charge in [0.2, 0.25) is 5.76 Å². The molecule has 3 nitrogen and oxygen atoms in total. The average molecular weight is 211 g/mol. The van der Waals surface area contributed by atoms with Gasteiger partial charge in [0.25, 0.3) is 0 Å². The maximum atomic E-state index is 10.6. The Bertz CT molecular complexity index is 513. The van der Waals surface area contributed by atoms with E-state index in [1.54, 1.807) is 12.1 Å². The topological polar surface area (TPSA) is 50.4 Å². The molecule has 0 fully saturated rings. The molecular weight excluding hydrogens is 204 g/mol. The second-order valence-corrected chi connectivity index (χ2v) is 3.49. The van der Waals surface area contributed by atoms with E-state index >= 15 is 0 Å². The smallest absolute Gasteiger partial charge is 0.371 e. The molecule has 0 bridgehead atoms. The van der Waals surface area contributed by atoms with Crippen molar-refractivity contribution >= 4 is 28.5 Å². The van der Waals surface area contributed by atoms with E-state index < -0.39 is 5.97 Å². The number of halogens is 1. The first-order valence-corrected chi connectivity index (χ1v) is 4.38. The van der Waals surface area contributed by atoms with Crippen molar-refractivity contribution < 1.29 is 14.3 Å². The van der Waals surface area contributed by atoms with Crippen LogP contribution in [-0.2, 0) is 0 Å². The molecule has 0 saturated heterocycles. The van der Waals surface area contributed by atoms with E-state index in [1.165, 1.54) is 6.07 Å². The van der Waals surface area contributed by atoms with E-state index in [4.69, 9.17) is 21.1 Å². The SMILES string of the molecule is Cc1cc(Cl)cc2cc(C(=O)O)oc12. The molecule has 0 spiro atoms. The number of hydrogen-bond acceptors (Lipinski definition) is 2. The summed E-state index contributed by atoms with van der Waals surface area (Å²) in [5.74, 6) is -1.14. The summed E-state index contributed by atoms with van der Waals surface area (Å²) in [7, 11) is 0. The fourth-order valence-corrected chi connectivity index (χ4v) is 1.67. The summed E-state index contributed by atoms with van der Waals surface area (Å²) >= 11 is 5.82. The van der Waals surface area contributed by atoms with Gasteiger partial charge in [-0.05, 0) is 30.7 Å². The molecule has 0 unspecified atom stereocenters. The van der Waals surface area contributed by atoms with E-state index in [-0.39, 0.29) is 5.76 Å². The Balaban J connectivity index is 2.76. The van der Waals surface area contributed by atoms with Crippen LogP contribution in [0, 0.1) is 6.92 Å². The number of carboxylic acids is 1. The minimum absolute atomic E-state index is 0.0645. The van der Waals surface area contributed by atoms with Gasteiger partial charge in [-0.25, -0.2) is 4.79 Å². The fraction of sp³-hybridized carbons (Fsp3) is 0.100. The third kappa shape index (κ3) is 1.36. The third-order valence-corrected chi connectivity index (χ3v) is 2.20. The van der Waals surface area contributed by atoms with Crippen molar-refractivity contribution in [3.63, 3.8) is 0 Å². The molecule has 1 aromatic heterocycles. The van der Waals surface area contributed by atoms with Crippen molar-refractivity contribution in [3.05, 3.63) is 34.5 Å². The normalized spacial score (nSPS) is 10.7. The van der Waals surface area contributed by atoms with Crippen LogP contribution < -0.4 is 0 Å². The molecule has 0 aliphatic carbocycles. The Morgan fingerprint density at radius 3 is 2.79 bits per heavy atom. The van der Waals surface area contributed by atoms with Crippen molar-refractivity contribution in [3.8, 4) is 0 Å². The maximum absolute atomic E-state index is 10.6. The van der Waals surface area contributed by atoms with Gasteiger partial charge in [-0.3, -0.25) is 0 Å². The highest BCUT2D eigenvalue weighted by molar-refractivity contribution is 6.31. The van der Waals surface area contributed by atoms with Crippen LogP contribution in [0.1, 0.15) is 16.1 Å². The Morgan fingerprint density at radius 2 is 2.14 bits per heavy atom. The summed E-state index contributed by atoms with van der Waals surface area (Å²) in [5.41, 5.74) is 1.41. The van der Waals surface area contributed by atoms with Crippen LogP contribution in [0.15, 0.2) is 22.6 Å². The standard InChI is InChI=1S/C10H7ClO3/c1-5-2-7(11)3-6-4-8(10(12)13)14-9(5)6/h2-4H,1H3,(H,12,13). The summed E-state index contributed by atoms with van der Waals surface area (Å²) in [6, 6.07) is 4.88. The second kappa shape index (κ2) is 3.03. The van der Waals surface area contributed by atoms with Crippen LogP contribution in [0.4, 0.5) is 0 Å². The number of carboxylic acid groups (broad SMARTS) is 1. The fourth-order valence-electron chi connectivity index (χ4n) is 1.39. The molecule has 2 rings (SSSR count). The predicted molar refractivity (Wildman–Crippen MR) is 52.9 cm³/mol. The molecule has 1 N–H and O–H groups in total. The van der Waals surface area contributed by atoms with Crippen molar-refractivity contribution in [2.45, 2.75) is 6.92 Å². The van der Waals surface area contributed by atoms with Crippen LogP contribution in [0.3, 0.4) is 0 Å². The van der Waals surface area contributed by atoms with Crippen LogP contribution in [-0.4, -0.2) is 11.1 Å². The Hall–Kier alpha value is -1.48. The quantitative estimate of drug-likeness (QED) is 0.787. The van der Waals surface area contributed by atoms with Gasteiger partial charge in [-0.2, -0.15) is 0 Å². The number of hydrogen-bond donors (Lipinski definition) is 1. The number of fused-ring (bicyclic) bond motifs is 1. The van der Waals surface area contributed by atoms with Gasteiger partial charge in [-0.1, -0.05) is 11.6 Å². The Kier molecular flexibility index (Phi) is 1.97. The van der Waals surface area contributed by atoms with Gasteiger partial charge in [0.05, 0.1) is 0 Å². The van der Waals surface area contributed by atoms with Gasteiger partial charge in [-0.15, -0.1) is 0 Å². The Morgan fingerprint density at radius 1 is 1.43 bits per heavy atom. The monoisotopic (exact) mass is 210 g/mol. The zero-order valence-corrected chi connectivity index (χ0v) is 8.13. The summed E-state index contributed by atoms with van der Waals surface area (Å²) < 4.78 is 5.16. The lowest BCUT2D eigenvalue weighted by Gasteiger charge is -1.94. The molecular formula is C10H7ClO3. The summed E-state index contributed by atoms with van der Waals surface area (Å²) in [4.78, 5) is 10.6. The van der Waals surface area contributed by atoms with E-state index in [9.17, 15) is 4.79 Å². The summed E-state index contributed by atoms with van der Waals surface area (Å²) in [6.07, 6.45) is 0. The number of furan rings is 1. The third-order valence-electron chi connectivity index (χ3n) is 1.98. The number of benzene rings is 1. The number of aryl methyl sites for hydroxylation is 1. The number of carbonyl (C=O) groups is 1. The molecule has 0 atom stereocenters. The van der Waals surface area contributed by atoms with E-state index in [0.717, 1.165) is 5.56 Å². The lowest BCUT2D eigenvalue weighted by molar-refractivity contribution is 0.0665. The molecule has 2 aromatic rings. The van der Waals surface area contributed by atoms with Gasteiger partial charge in [0.15, 0.2) is 0 Å². The lowest BCUT2D eigenvalue weighted by atomic mass is 10.2. The predicted octanol–water partition coefficient (Wildman–Crippen LogP) is 3.09.